The Morgan fingerprint density at radius 3 is 1.91 bits per heavy atom. The number of rotatable bonds is 36. The minimum Gasteiger partial charge on any atom is -0.480 e. The van der Waals surface area contributed by atoms with Gasteiger partial charge in [0.25, 0.3) is 0 Å². The molecule has 0 aromatic carbocycles. The van der Waals surface area contributed by atoms with Crippen LogP contribution in [0.5, 0.6) is 0 Å². The van der Waals surface area contributed by atoms with Crippen molar-refractivity contribution in [2.24, 2.45) is 5.73 Å². The third-order valence-electron chi connectivity index (χ3n) is 8.02. The third kappa shape index (κ3) is 36.3. The van der Waals surface area contributed by atoms with Crippen LogP contribution < -0.4 is 5.73 Å². The number of aliphatic hydroxyl groups excluding tert-OH is 1. The molecular weight excluding hydrogens is 725 g/mol. The molecule has 0 aliphatic heterocycles. The molecule has 0 rings (SSSR count). The predicted molar refractivity (Wildman–Crippen MR) is 218 cm³/mol. The maximum atomic E-state index is 12.6. The summed E-state index contributed by atoms with van der Waals surface area (Å²) in [6, 6.07) is -1.54. The van der Waals surface area contributed by atoms with Crippen molar-refractivity contribution >= 4 is 25.7 Å². The molecule has 0 spiro atoms. The first-order valence-electron chi connectivity index (χ1n) is 20.1. The van der Waals surface area contributed by atoms with E-state index in [9.17, 15) is 28.9 Å². The molecule has 5 N–H and O–H groups in total. The normalized spacial score (nSPS) is 15.1. The highest BCUT2D eigenvalue weighted by atomic mass is 31.2. The van der Waals surface area contributed by atoms with Gasteiger partial charge in [-0.05, 0) is 77.0 Å². The molecule has 0 fully saturated rings. The maximum absolute atomic E-state index is 12.6. The number of carboxylic acids is 1. The van der Waals surface area contributed by atoms with Crippen LogP contribution in [0.25, 0.3) is 0 Å². The van der Waals surface area contributed by atoms with Crippen LogP contribution in [0.2, 0.25) is 0 Å². The number of hydrogen-bond acceptors (Lipinski definition) is 10. The molecule has 0 saturated heterocycles. The number of aliphatic carboxylic acids is 1. The second kappa shape index (κ2) is 36.5. The molecule has 0 radical (unpaired) electrons. The monoisotopic (exact) mass is 795 g/mol. The number of unbranched alkanes of at least 4 members (excludes halogenated alkanes) is 10. The van der Waals surface area contributed by atoms with Crippen molar-refractivity contribution in [3.05, 3.63) is 72.9 Å². The zero-order valence-electron chi connectivity index (χ0n) is 33.3. The fraction of sp³-hybridized carbons (Fsp3) is 0.643. The van der Waals surface area contributed by atoms with Gasteiger partial charge in [0.05, 0.1) is 19.3 Å². The Labute approximate surface area is 330 Å². The molecule has 55 heavy (non-hydrogen) atoms. The SMILES string of the molecule is CC/C=C/CC(O)/C=C/C=C/CCCCCCCC(=O)OC[C@H](COP(=O)(O)OC[C@H](N)C(=O)O)OC(=O)CCCC/C=C\C/C=C\C/C=C\CCCCC. The molecule has 0 aliphatic rings. The van der Waals surface area contributed by atoms with Gasteiger partial charge in [0.1, 0.15) is 12.6 Å². The van der Waals surface area contributed by atoms with Gasteiger partial charge < -0.3 is 30.3 Å². The van der Waals surface area contributed by atoms with Crippen molar-refractivity contribution < 1.29 is 52.6 Å². The topological polar surface area (TPSA) is 192 Å². The largest absolute Gasteiger partial charge is 0.480 e. The number of ether oxygens (including phenoxy) is 2. The first-order chi connectivity index (χ1) is 26.5. The molecular formula is C42H70NO11P. The van der Waals surface area contributed by atoms with E-state index in [0.717, 1.165) is 70.6 Å². The van der Waals surface area contributed by atoms with Gasteiger partial charge in [0.2, 0.25) is 0 Å². The van der Waals surface area contributed by atoms with Crippen LogP contribution in [0.3, 0.4) is 0 Å². The highest BCUT2D eigenvalue weighted by Crippen LogP contribution is 2.43. The van der Waals surface area contributed by atoms with Gasteiger partial charge in [0.15, 0.2) is 6.10 Å². The number of phosphoric ester groups is 1. The lowest BCUT2D eigenvalue weighted by Gasteiger charge is -2.20. The molecule has 0 aliphatic carbocycles. The average molecular weight is 796 g/mol. The zero-order valence-corrected chi connectivity index (χ0v) is 34.2. The summed E-state index contributed by atoms with van der Waals surface area (Å²) in [5.74, 6) is -2.50. The Bertz CT molecular complexity index is 1230. The summed E-state index contributed by atoms with van der Waals surface area (Å²) in [6.07, 6.45) is 38.8. The van der Waals surface area contributed by atoms with E-state index in [-0.39, 0.29) is 12.8 Å². The minimum absolute atomic E-state index is 0.0933. The molecule has 0 heterocycles. The Morgan fingerprint density at radius 1 is 0.673 bits per heavy atom. The fourth-order valence-corrected chi connectivity index (χ4v) is 5.59. The number of phosphoric acid groups is 1. The third-order valence-corrected chi connectivity index (χ3v) is 8.97. The van der Waals surface area contributed by atoms with Crippen molar-refractivity contribution in [3.63, 3.8) is 0 Å². The van der Waals surface area contributed by atoms with E-state index >= 15 is 0 Å². The molecule has 4 atom stereocenters. The van der Waals surface area contributed by atoms with Gasteiger partial charge in [0, 0.05) is 12.8 Å². The summed E-state index contributed by atoms with van der Waals surface area (Å²) < 4.78 is 32.5. The molecule has 13 heteroatoms. The number of nitrogens with two attached hydrogens (primary N) is 1. The summed E-state index contributed by atoms with van der Waals surface area (Å²) in [5, 5.41) is 18.7. The van der Waals surface area contributed by atoms with Crippen LogP contribution in [0.15, 0.2) is 72.9 Å². The van der Waals surface area contributed by atoms with Crippen LogP contribution in [0, 0.1) is 0 Å². The summed E-state index contributed by atoms with van der Waals surface area (Å²) in [6.45, 7) is 2.46. The molecule has 0 aromatic rings. The summed E-state index contributed by atoms with van der Waals surface area (Å²) in [4.78, 5) is 45.8. The number of carbonyl (C=O) groups excluding carboxylic acids is 2. The van der Waals surface area contributed by atoms with Crippen molar-refractivity contribution in [1.29, 1.82) is 0 Å². The molecule has 314 valence electrons. The van der Waals surface area contributed by atoms with Gasteiger partial charge in [-0.25, -0.2) is 4.57 Å². The molecule has 2 unspecified atom stereocenters. The van der Waals surface area contributed by atoms with Crippen LogP contribution in [-0.4, -0.2) is 71.1 Å². The van der Waals surface area contributed by atoms with Crippen molar-refractivity contribution in [2.45, 2.75) is 154 Å². The molecule has 0 aromatic heterocycles. The summed E-state index contributed by atoms with van der Waals surface area (Å²) in [7, 11) is -4.74. The van der Waals surface area contributed by atoms with E-state index in [0.29, 0.717) is 19.3 Å². The smallest absolute Gasteiger partial charge is 0.472 e. The highest BCUT2D eigenvalue weighted by Gasteiger charge is 2.28. The number of aliphatic hydroxyl groups is 1. The summed E-state index contributed by atoms with van der Waals surface area (Å²) in [5.41, 5.74) is 5.31. The number of hydrogen-bond donors (Lipinski definition) is 4. The number of esters is 2. The van der Waals surface area contributed by atoms with Gasteiger partial charge in [-0.15, -0.1) is 0 Å². The van der Waals surface area contributed by atoms with Crippen molar-refractivity contribution in [3.8, 4) is 0 Å². The predicted octanol–water partition coefficient (Wildman–Crippen LogP) is 9.14. The first kappa shape index (κ1) is 51.9. The lowest BCUT2D eigenvalue weighted by molar-refractivity contribution is -0.161. The number of allylic oxidation sites excluding steroid dienone is 10. The van der Waals surface area contributed by atoms with E-state index in [1.807, 2.05) is 24.3 Å². The van der Waals surface area contributed by atoms with Crippen molar-refractivity contribution in [2.75, 3.05) is 19.8 Å². The van der Waals surface area contributed by atoms with E-state index in [1.165, 1.54) is 19.3 Å². The van der Waals surface area contributed by atoms with Crippen LogP contribution >= 0.6 is 7.82 Å². The molecule has 0 bridgehead atoms. The Hall–Kier alpha value is -3.12. The van der Waals surface area contributed by atoms with Gasteiger partial charge >= 0.3 is 25.7 Å². The zero-order chi connectivity index (χ0) is 40.8. The Kier molecular flexibility index (Phi) is 34.4. The summed E-state index contributed by atoms with van der Waals surface area (Å²) >= 11 is 0. The minimum atomic E-state index is -4.74. The second-order valence-electron chi connectivity index (χ2n) is 13.2. The lowest BCUT2D eigenvalue weighted by Crippen LogP contribution is -2.34. The molecule has 0 amide bonds. The lowest BCUT2D eigenvalue weighted by atomic mass is 10.1. The van der Waals surface area contributed by atoms with Crippen LogP contribution in [-0.2, 0) is 37.5 Å². The van der Waals surface area contributed by atoms with Gasteiger partial charge in [-0.1, -0.05) is 119 Å². The van der Waals surface area contributed by atoms with Crippen molar-refractivity contribution in [1.82, 2.24) is 0 Å². The van der Waals surface area contributed by atoms with Gasteiger partial charge in [-0.2, -0.15) is 0 Å². The average Bonchev–Trinajstić information content (AvgIpc) is 3.15. The quantitative estimate of drug-likeness (QED) is 0.0155. The van der Waals surface area contributed by atoms with Gasteiger partial charge in [-0.3, -0.25) is 23.4 Å². The Morgan fingerprint density at radius 2 is 1.24 bits per heavy atom. The van der Waals surface area contributed by atoms with Crippen LogP contribution in [0.4, 0.5) is 0 Å². The van der Waals surface area contributed by atoms with E-state index in [1.54, 1.807) is 6.08 Å². The molecule has 12 nitrogen and oxygen atoms in total. The van der Waals surface area contributed by atoms with E-state index in [4.69, 9.17) is 24.8 Å². The van der Waals surface area contributed by atoms with E-state index < -0.39 is 63.8 Å². The Balaban J connectivity index is 4.56. The number of carboxylic acid groups (broad SMARTS) is 1. The fourth-order valence-electron chi connectivity index (χ4n) is 4.81. The highest BCUT2D eigenvalue weighted by molar-refractivity contribution is 7.47. The van der Waals surface area contributed by atoms with Crippen LogP contribution in [0.1, 0.15) is 136 Å². The van der Waals surface area contributed by atoms with E-state index in [2.05, 4.69) is 60.9 Å². The second-order valence-corrected chi connectivity index (χ2v) is 14.7. The first-order valence-corrected chi connectivity index (χ1v) is 21.6. The standard InChI is InChI=1S/C42H70NO11P/c1-3-5-7-8-9-10-11-12-13-14-15-18-22-25-29-33-41(46)54-38(35-52-55(49,50)53-36-39(43)42(47)48)34-51-40(45)32-28-24-21-19-16-17-20-23-27-31-37(44)30-26-6-4-2/h6,9-10,12-13,15,18,20,23,26-27,31,37-39,44H,3-5,7-8,11,14,16-17,19,21-22,24-25,28-30,32-36,43H2,1-2H3,(H,47,48)(H,49,50)/b10-9-,13-12-,18-15-,23-20+,26-6+,31-27+/t37?,38-,39+/m1/s1. The molecule has 0 saturated carbocycles. The number of carbonyl (C=O) groups is 3. The maximum Gasteiger partial charge on any atom is 0.472 e.